The van der Waals surface area contributed by atoms with Gasteiger partial charge >= 0.3 is 5.97 Å². The summed E-state index contributed by atoms with van der Waals surface area (Å²) in [6, 6.07) is 20.5. The van der Waals surface area contributed by atoms with E-state index in [-0.39, 0.29) is 0 Å². The Bertz CT molecular complexity index is 661. The Morgan fingerprint density at radius 3 is 2.12 bits per heavy atom. The highest BCUT2D eigenvalue weighted by molar-refractivity contribution is 5.80. The molecule has 0 aliphatic carbocycles. The molecule has 25 heavy (non-hydrogen) atoms. The number of aliphatic hydroxyl groups excluding tert-OH is 1. The molecular formula is C22H24O3. The number of benzene rings is 2. The fourth-order valence-corrected chi connectivity index (χ4v) is 2.54. The highest BCUT2D eigenvalue weighted by atomic mass is 16.5. The van der Waals surface area contributed by atoms with Crippen molar-refractivity contribution in [2.24, 2.45) is 0 Å². The van der Waals surface area contributed by atoms with Crippen LogP contribution in [0.4, 0.5) is 0 Å². The molecule has 3 heteroatoms. The molecule has 0 bridgehead atoms. The minimum Gasteiger partial charge on any atom is -0.467 e. The summed E-state index contributed by atoms with van der Waals surface area (Å²) < 4.78 is 4.50. The van der Waals surface area contributed by atoms with Gasteiger partial charge in [0.05, 0.1) is 7.11 Å². The summed E-state index contributed by atoms with van der Waals surface area (Å²) in [6.07, 6.45) is 7.08. The van der Waals surface area contributed by atoms with Crippen molar-refractivity contribution in [3.8, 4) is 0 Å². The molecule has 0 amide bonds. The maximum atomic E-state index is 11.1. The number of hydrogen-bond donors (Lipinski definition) is 1. The van der Waals surface area contributed by atoms with Gasteiger partial charge < -0.3 is 9.84 Å². The summed E-state index contributed by atoms with van der Waals surface area (Å²) >= 11 is 0. The maximum Gasteiger partial charge on any atom is 0.334 e. The average Bonchev–Trinajstić information content (AvgIpc) is 2.68. The Balaban J connectivity index is 2.00. The Morgan fingerprint density at radius 2 is 1.60 bits per heavy atom. The van der Waals surface area contributed by atoms with Crippen LogP contribution in [0.3, 0.4) is 0 Å². The Hall–Kier alpha value is -2.65. The van der Waals surface area contributed by atoms with Gasteiger partial charge in [0.25, 0.3) is 0 Å². The Labute approximate surface area is 149 Å². The van der Waals surface area contributed by atoms with Gasteiger partial charge in [-0.25, -0.2) is 4.79 Å². The van der Waals surface area contributed by atoms with E-state index in [1.165, 1.54) is 18.2 Å². The standard InChI is InChI=1S/C22H24O3/c1-25-22(24)21(23)17-11-3-2-10-16-20(18-12-6-4-7-13-18)19-14-8-5-9-15-19/h2,4-10,12-16,21,23H,3,11,17H2,1H3. The molecule has 0 aromatic heterocycles. The second-order valence-electron chi connectivity index (χ2n) is 5.71. The molecule has 0 aliphatic heterocycles. The molecule has 1 N–H and O–H groups in total. The van der Waals surface area contributed by atoms with Gasteiger partial charge in [-0.3, -0.25) is 0 Å². The molecule has 3 nitrogen and oxygen atoms in total. The van der Waals surface area contributed by atoms with E-state index in [1.54, 1.807) is 0 Å². The van der Waals surface area contributed by atoms with Crippen LogP contribution >= 0.6 is 0 Å². The first-order valence-electron chi connectivity index (χ1n) is 8.46. The average molecular weight is 336 g/mol. The van der Waals surface area contributed by atoms with E-state index in [2.05, 4.69) is 41.2 Å². The number of ether oxygens (including phenoxy) is 1. The number of esters is 1. The third-order valence-corrected chi connectivity index (χ3v) is 3.89. The number of carbonyl (C=O) groups is 1. The summed E-state index contributed by atoms with van der Waals surface area (Å²) in [6.45, 7) is 0. The molecule has 2 rings (SSSR count). The predicted octanol–water partition coefficient (Wildman–Crippen LogP) is 4.38. The number of unbranched alkanes of at least 4 members (excludes halogenated alkanes) is 1. The summed E-state index contributed by atoms with van der Waals surface area (Å²) in [5.41, 5.74) is 3.49. The monoisotopic (exact) mass is 336 g/mol. The van der Waals surface area contributed by atoms with E-state index in [9.17, 15) is 9.90 Å². The first-order valence-corrected chi connectivity index (χ1v) is 8.46. The smallest absolute Gasteiger partial charge is 0.334 e. The van der Waals surface area contributed by atoms with Gasteiger partial charge in [0.2, 0.25) is 0 Å². The Kier molecular flexibility index (Phi) is 7.67. The van der Waals surface area contributed by atoms with Gasteiger partial charge in [0.15, 0.2) is 6.10 Å². The van der Waals surface area contributed by atoms with Crippen molar-refractivity contribution in [2.75, 3.05) is 7.11 Å². The van der Waals surface area contributed by atoms with Crippen molar-refractivity contribution in [1.82, 2.24) is 0 Å². The second-order valence-corrected chi connectivity index (χ2v) is 5.71. The fraction of sp³-hybridized carbons (Fsp3) is 0.227. The van der Waals surface area contributed by atoms with Gasteiger partial charge in [-0.05, 0) is 36.0 Å². The fourth-order valence-electron chi connectivity index (χ4n) is 2.54. The van der Waals surface area contributed by atoms with Crippen LogP contribution in [0, 0.1) is 0 Å². The summed E-state index contributed by atoms with van der Waals surface area (Å²) in [5, 5.41) is 9.55. The molecule has 0 fully saturated rings. The van der Waals surface area contributed by atoms with Crippen LogP contribution in [0.2, 0.25) is 0 Å². The second kappa shape index (κ2) is 10.3. The topological polar surface area (TPSA) is 46.5 Å². The van der Waals surface area contributed by atoms with Gasteiger partial charge in [0.1, 0.15) is 0 Å². The molecule has 0 radical (unpaired) electrons. The third kappa shape index (κ3) is 6.05. The van der Waals surface area contributed by atoms with Crippen molar-refractivity contribution in [3.63, 3.8) is 0 Å². The van der Waals surface area contributed by atoms with Crippen molar-refractivity contribution in [3.05, 3.63) is 90.0 Å². The number of methoxy groups -OCH3 is 1. The van der Waals surface area contributed by atoms with E-state index in [0.29, 0.717) is 6.42 Å². The highest BCUT2D eigenvalue weighted by Crippen LogP contribution is 2.23. The molecule has 1 atom stereocenters. The van der Waals surface area contributed by atoms with Crippen LogP contribution in [0.5, 0.6) is 0 Å². The number of carbonyl (C=O) groups excluding carboxylic acids is 1. The number of aliphatic hydroxyl groups is 1. The van der Waals surface area contributed by atoms with Gasteiger partial charge in [-0.15, -0.1) is 0 Å². The molecule has 130 valence electrons. The minimum atomic E-state index is -1.03. The van der Waals surface area contributed by atoms with Crippen LogP contribution in [0.1, 0.15) is 30.4 Å². The quantitative estimate of drug-likeness (QED) is 0.442. The van der Waals surface area contributed by atoms with Crippen LogP contribution in [-0.4, -0.2) is 24.3 Å². The van der Waals surface area contributed by atoms with Gasteiger partial charge in [-0.2, -0.15) is 0 Å². The predicted molar refractivity (Wildman–Crippen MR) is 101 cm³/mol. The van der Waals surface area contributed by atoms with Crippen molar-refractivity contribution >= 4 is 11.5 Å². The summed E-state index contributed by atoms with van der Waals surface area (Å²) in [4.78, 5) is 11.1. The van der Waals surface area contributed by atoms with E-state index < -0.39 is 12.1 Å². The normalized spacial score (nSPS) is 11.9. The zero-order valence-corrected chi connectivity index (χ0v) is 14.5. The van der Waals surface area contributed by atoms with Gasteiger partial charge in [-0.1, -0.05) is 78.9 Å². The van der Waals surface area contributed by atoms with Crippen LogP contribution in [0.15, 0.2) is 78.9 Å². The Morgan fingerprint density at radius 1 is 1.04 bits per heavy atom. The van der Waals surface area contributed by atoms with E-state index >= 15 is 0 Å². The SMILES string of the molecule is COC(=O)C(O)CCCC=CC=C(c1ccccc1)c1ccccc1. The molecule has 0 spiro atoms. The molecule has 0 saturated heterocycles. The highest BCUT2D eigenvalue weighted by Gasteiger charge is 2.13. The van der Waals surface area contributed by atoms with Crippen molar-refractivity contribution < 1.29 is 14.6 Å². The molecule has 0 heterocycles. The van der Waals surface area contributed by atoms with Crippen molar-refractivity contribution in [2.45, 2.75) is 25.4 Å². The number of hydrogen-bond acceptors (Lipinski definition) is 3. The molecule has 0 aliphatic rings. The lowest BCUT2D eigenvalue weighted by atomic mass is 9.97. The summed E-state index contributed by atoms with van der Waals surface area (Å²) in [5.74, 6) is -0.570. The van der Waals surface area contributed by atoms with Crippen LogP contribution < -0.4 is 0 Å². The minimum absolute atomic E-state index is 0.408. The lowest BCUT2D eigenvalue weighted by Crippen LogP contribution is -2.21. The largest absolute Gasteiger partial charge is 0.467 e. The zero-order valence-electron chi connectivity index (χ0n) is 14.5. The van der Waals surface area contributed by atoms with E-state index in [1.807, 2.05) is 42.5 Å². The first-order chi connectivity index (χ1) is 12.2. The van der Waals surface area contributed by atoms with Gasteiger partial charge in [0, 0.05) is 0 Å². The molecule has 2 aromatic rings. The number of allylic oxidation sites excluding steroid dienone is 3. The maximum absolute atomic E-state index is 11.1. The van der Waals surface area contributed by atoms with Crippen LogP contribution in [-0.2, 0) is 9.53 Å². The first kappa shape index (κ1) is 18.7. The molecule has 0 saturated carbocycles. The third-order valence-electron chi connectivity index (χ3n) is 3.89. The lowest BCUT2D eigenvalue weighted by Gasteiger charge is -2.07. The van der Waals surface area contributed by atoms with Crippen molar-refractivity contribution in [1.29, 1.82) is 0 Å². The molecule has 2 aromatic carbocycles. The molecule has 1 unspecified atom stereocenters. The van der Waals surface area contributed by atoms with Crippen LogP contribution in [0.25, 0.3) is 5.57 Å². The van der Waals surface area contributed by atoms with E-state index in [0.717, 1.165) is 18.4 Å². The lowest BCUT2D eigenvalue weighted by molar-refractivity contribution is -0.150. The summed E-state index contributed by atoms with van der Waals surface area (Å²) in [7, 11) is 1.28. The van der Waals surface area contributed by atoms with E-state index in [4.69, 9.17) is 0 Å². The molecular weight excluding hydrogens is 312 g/mol. The number of rotatable bonds is 8. The zero-order chi connectivity index (χ0) is 17.9.